The first-order chi connectivity index (χ1) is 31.4. The topological polar surface area (TPSA) is 0 Å². The van der Waals surface area contributed by atoms with Crippen molar-refractivity contribution in [3.05, 3.63) is 0 Å². The summed E-state index contributed by atoms with van der Waals surface area (Å²) in [6, 6.07) is 0. The molecule has 0 spiro atoms. The van der Waals surface area contributed by atoms with E-state index in [4.69, 9.17) is 0 Å². The molecule has 0 aliphatic rings. The van der Waals surface area contributed by atoms with Crippen LogP contribution in [-0.2, 0) is 0 Å². The van der Waals surface area contributed by atoms with E-state index >= 15 is 0 Å². The van der Waals surface area contributed by atoms with Gasteiger partial charge in [-0.2, -0.15) is 0 Å². The zero-order valence-electron chi connectivity index (χ0n) is 26.1. The molecule has 0 bridgehead atoms. The standard InChI is InChI=1S/I69/c1-36-38(4)40(6)42(8)44(10)46(12)48(14)50(16)52(18)54(20)56(22)58(24)60(26)62(28)64(30)66(32)68(34)69(35)67(33)65(31)63(29)61(27)59(25)57(23)55(21)53(19)51(17)49(15)47(13)45(11)43(9)41(7)39(5)37(2)3/q-1. The minimum atomic E-state index is -0.620. The Morgan fingerprint density at radius 1 is 0.130 bits per heavy atom. The Bertz CT molecular complexity index is 1330. The summed E-state index contributed by atoms with van der Waals surface area (Å²) in [5.74, 6) is 0. The molecule has 0 aliphatic heterocycles. The molecule has 0 aliphatic carbocycles. The van der Waals surface area contributed by atoms with Crippen LogP contribution in [0.4, 0.5) is 0 Å². The Labute approximate surface area is 869 Å². The Morgan fingerprint density at radius 2 is 0.217 bits per heavy atom. The van der Waals surface area contributed by atoms with Crippen LogP contribution in [0.1, 0.15) is 0 Å². The predicted octanol–water partition coefficient (Wildman–Crippen LogP) is 57.2. The van der Waals surface area contributed by atoms with Crippen molar-refractivity contribution in [2.45, 2.75) is 0 Å². The molecule has 0 unspecified atom stereocenters. The van der Waals surface area contributed by atoms with Crippen LogP contribution in [-0.4, -0.2) is 0 Å². The van der Waals surface area contributed by atoms with Crippen LogP contribution in [0.15, 0.2) is 0 Å². The monoisotopic (exact) mass is 8760 g/mol. The van der Waals surface area contributed by atoms with Crippen molar-refractivity contribution in [3.63, 3.8) is 0 Å². The van der Waals surface area contributed by atoms with E-state index in [1.165, 1.54) is 0 Å². The van der Waals surface area contributed by atoms with Gasteiger partial charge in [0.05, 0.1) is 0 Å². The van der Waals surface area contributed by atoms with Crippen molar-refractivity contribution in [1.29, 1.82) is 0 Å². The van der Waals surface area contributed by atoms with Crippen LogP contribution in [0.2, 0.25) is 0 Å². The van der Waals surface area contributed by atoms with E-state index in [-0.39, 0.29) is 0 Å². The Kier molecular flexibility index (Phi) is 125. The molecule has 0 fully saturated rings. The molecule has 0 radical (unpaired) electrons. The zero-order valence-corrected chi connectivity index (χ0v) is 175. The van der Waals surface area contributed by atoms with E-state index < -0.39 is 261 Å². The summed E-state index contributed by atoms with van der Waals surface area (Å²) in [5, 5.41) is 0. The number of hydrogen-bond acceptors (Lipinski definition) is 0. The van der Waals surface area contributed by atoms with Gasteiger partial charge in [0.25, 0.3) is 0 Å². The fraction of sp³-hybridized carbons (Fsp3) is 0. The Morgan fingerprint density at radius 3 is 0.304 bits per heavy atom. The van der Waals surface area contributed by atoms with Gasteiger partial charge in [0.15, 0.2) is 0 Å². The molecule has 484 valence electrons. The van der Waals surface area contributed by atoms with E-state index in [2.05, 4.69) is 652 Å². The predicted molar refractivity (Wildman–Crippen MR) is 953 cm³/mol. The van der Waals surface area contributed by atoms with Crippen LogP contribution in [0.5, 0.6) is 0 Å². The molecule has 0 N–H and O–H groups in total. The third-order valence-corrected chi connectivity index (χ3v) is 5370. The SMILES string of the molecule is I[I-]I(I)I(I)I(I)I(I)I(I)I(I)I(I)I(I)I(I)I(I)I(I)I(I)I(I)I(I)I(I)I(I)I(I)I(I)I(I)I(I)I(I)I(I)I(I)I(I)I(I)I(I)I(I)I(I)I(I)I(I)I(I)I(I)I(I)I. The molecule has 0 heterocycles. The van der Waals surface area contributed by atoms with E-state index in [1.807, 2.05) is 0 Å². The number of rotatable bonds is 33. The van der Waals surface area contributed by atoms with E-state index in [0.717, 1.165) is 0 Å². The fourth-order valence-corrected chi connectivity index (χ4v) is 13200. The van der Waals surface area contributed by atoms with Crippen LogP contribution < -0.4 is 13.3 Å². The minimum absolute atomic E-state index is 0.410. The van der Waals surface area contributed by atoms with Crippen LogP contribution in [0.3, 0.4) is 0 Å². The van der Waals surface area contributed by atoms with Gasteiger partial charge >= 0.3 is 925 Å². The van der Waals surface area contributed by atoms with Crippen molar-refractivity contribution >= 4 is 912 Å². The van der Waals surface area contributed by atoms with Crippen molar-refractivity contribution < 1.29 is 13.3 Å². The van der Waals surface area contributed by atoms with Crippen molar-refractivity contribution in [1.82, 2.24) is 0 Å². The fourth-order valence-electron chi connectivity index (χ4n) is 0.972. The number of halogens is 69. The maximum absolute atomic E-state index is 3.44. The molecule has 0 saturated heterocycles. The molecular weight excluding hydrogens is 8760 g/mol. The van der Waals surface area contributed by atoms with Gasteiger partial charge in [-0.15, -0.1) is 0 Å². The van der Waals surface area contributed by atoms with E-state index in [0.29, 0.717) is 13.3 Å². The molecule has 0 aromatic heterocycles. The van der Waals surface area contributed by atoms with Gasteiger partial charge in [0.2, 0.25) is 0 Å². The summed E-state index contributed by atoms with van der Waals surface area (Å²) in [6.07, 6.45) is 0. The third kappa shape index (κ3) is 49.3. The van der Waals surface area contributed by atoms with Gasteiger partial charge in [-0.3, -0.25) is 0 Å². The zero-order chi connectivity index (χ0) is 54.8. The van der Waals surface area contributed by atoms with Gasteiger partial charge in [-0.05, 0) is 0 Å². The second kappa shape index (κ2) is 72.1. The van der Waals surface area contributed by atoms with E-state index in [9.17, 15) is 0 Å². The normalized spacial score (nSPS) is 19.0. The van der Waals surface area contributed by atoms with Crippen molar-refractivity contribution in [3.8, 4) is 0 Å². The molecule has 0 rings (SSSR count). The molecule has 0 aromatic rings. The Hall–Kier alpha value is 50.4. The van der Waals surface area contributed by atoms with Crippen LogP contribution >= 0.6 is 912 Å². The summed E-state index contributed by atoms with van der Waals surface area (Å²) >= 11 is 117. The molecule has 0 atom stereocenters. The summed E-state index contributed by atoms with van der Waals surface area (Å²) in [6.45, 7) is 0. The molecule has 69 heteroatoms. The molecule has 0 amide bonds. The van der Waals surface area contributed by atoms with E-state index in [1.54, 1.807) is 0 Å². The summed E-state index contributed by atoms with van der Waals surface area (Å²) < 4.78 is 0. The summed E-state index contributed by atoms with van der Waals surface area (Å²) in [5.41, 5.74) is 0. The summed E-state index contributed by atoms with van der Waals surface area (Å²) in [4.78, 5) is 0. The molecular formula is I69-. The van der Waals surface area contributed by atoms with Gasteiger partial charge in [0, 0.05) is 0 Å². The average molecular weight is 8760 g/mol. The molecule has 0 nitrogen and oxygen atoms in total. The first kappa shape index (κ1) is 119. The molecule has 0 aromatic carbocycles. The quantitative estimate of drug-likeness (QED) is 0.0575. The van der Waals surface area contributed by atoms with Crippen molar-refractivity contribution in [2.24, 2.45) is 0 Å². The molecule has 0 saturated carbocycles. The molecule has 69 heavy (non-hydrogen) atoms. The Balaban J connectivity index is 5.74. The first-order valence-electron chi connectivity index (χ1n) is 9.71. The van der Waals surface area contributed by atoms with Crippen molar-refractivity contribution in [2.75, 3.05) is 0 Å². The third-order valence-electron chi connectivity index (χ3n) is 2.65. The van der Waals surface area contributed by atoms with Gasteiger partial charge < -0.3 is 0 Å². The van der Waals surface area contributed by atoms with Gasteiger partial charge in [-0.1, -0.05) is 0 Å². The van der Waals surface area contributed by atoms with Crippen LogP contribution in [0, 0.1) is 0 Å². The number of hydrogen-bond donors (Lipinski definition) is 0. The van der Waals surface area contributed by atoms with Gasteiger partial charge in [-0.25, -0.2) is 0 Å². The summed E-state index contributed by atoms with van der Waals surface area (Å²) in [7, 11) is -18.8. The second-order valence-corrected chi connectivity index (χ2v) is 1630. The maximum atomic E-state index is 3.44. The van der Waals surface area contributed by atoms with Crippen LogP contribution in [0.25, 0.3) is 0 Å². The van der Waals surface area contributed by atoms with Gasteiger partial charge in [0.1, 0.15) is 0 Å². The second-order valence-electron chi connectivity index (χ2n) is 5.40. The first-order valence-corrected chi connectivity index (χ1v) is 437. The average Bonchev–Trinajstić information content (AvgIpc) is 3.35.